The van der Waals surface area contributed by atoms with Gasteiger partial charge >= 0.3 is 0 Å². The maximum Gasteiger partial charge on any atom is 0.00893 e. The van der Waals surface area contributed by atoms with Crippen LogP contribution in [0.2, 0.25) is 0 Å². The van der Waals surface area contributed by atoms with E-state index in [2.05, 4.69) is 19.0 Å². The zero-order valence-electron chi connectivity index (χ0n) is 9.13. The summed E-state index contributed by atoms with van der Waals surface area (Å²) in [4.78, 5) is 2.43. The van der Waals surface area contributed by atoms with Gasteiger partial charge in [-0.2, -0.15) is 0 Å². The molecule has 2 saturated carbocycles. The van der Waals surface area contributed by atoms with Crippen molar-refractivity contribution in [3.8, 4) is 0 Å². The summed E-state index contributed by atoms with van der Waals surface area (Å²) in [5, 5.41) is 0. The van der Waals surface area contributed by atoms with Gasteiger partial charge in [-0.1, -0.05) is 19.3 Å². The molecule has 0 saturated heterocycles. The van der Waals surface area contributed by atoms with Crippen molar-refractivity contribution in [1.82, 2.24) is 4.90 Å². The largest absolute Gasteiger partial charge is 0.306 e. The fourth-order valence-electron chi connectivity index (χ4n) is 3.35. The van der Waals surface area contributed by atoms with Crippen molar-refractivity contribution in [2.45, 2.75) is 51.0 Å². The van der Waals surface area contributed by atoms with Crippen LogP contribution >= 0.6 is 0 Å². The SMILES string of the molecule is CN(C)C1CCC2CCCC2CC1. The second-order valence-corrected chi connectivity index (χ2v) is 5.22. The van der Waals surface area contributed by atoms with Crippen LogP contribution < -0.4 is 0 Å². The Kier molecular flexibility index (Phi) is 2.92. The first kappa shape index (κ1) is 9.51. The first-order valence-corrected chi connectivity index (χ1v) is 5.94. The minimum absolute atomic E-state index is 0.880. The number of nitrogens with zero attached hydrogens (tertiary/aromatic N) is 1. The molecule has 0 aromatic rings. The standard InChI is InChI=1S/C12H23N/c1-13(2)12-8-6-10-4-3-5-11(10)7-9-12/h10-12H,3-9H2,1-2H3. The lowest BCUT2D eigenvalue weighted by molar-refractivity contribution is 0.262. The van der Waals surface area contributed by atoms with E-state index >= 15 is 0 Å². The highest BCUT2D eigenvalue weighted by atomic mass is 15.1. The molecule has 2 rings (SSSR count). The van der Waals surface area contributed by atoms with Crippen molar-refractivity contribution >= 4 is 0 Å². The topological polar surface area (TPSA) is 3.24 Å². The molecule has 0 heterocycles. The molecule has 1 heteroatoms. The zero-order chi connectivity index (χ0) is 9.26. The highest BCUT2D eigenvalue weighted by molar-refractivity contribution is 4.84. The first-order chi connectivity index (χ1) is 6.27. The third-order valence-corrected chi connectivity index (χ3v) is 4.29. The van der Waals surface area contributed by atoms with Crippen LogP contribution in [0.5, 0.6) is 0 Å². The molecule has 2 aliphatic rings. The summed E-state index contributed by atoms with van der Waals surface area (Å²) in [6.07, 6.45) is 10.5. The van der Waals surface area contributed by atoms with Crippen molar-refractivity contribution in [1.29, 1.82) is 0 Å². The molecule has 0 aromatic heterocycles. The van der Waals surface area contributed by atoms with Gasteiger partial charge in [0, 0.05) is 6.04 Å². The van der Waals surface area contributed by atoms with E-state index in [1.54, 1.807) is 0 Å². The predicted octanol–water partition coefficient (Wildman–Crippen LogP) is 2.91. The van der Waals surface area contributed by atoms with Crippen molar-refractivity contribution in [3.05, 3.63) is 0 Å². The van der Waals surface area contributed by atoms with Crippen molar-refractivity contribution < 1.29 is 0 Å². The molecule has 2 aliphatic carbocycles. The van der Waals surface area contributed by atoms with E-state index in [9.17, 15) is 0 Å². The smallest absolute Gasteiger partial charge is 0.00893 e. The summed E-state index contributed by atoms with van der Waals surface area (Å²) < 4.78 is 0. The van der Waals surface area contributed by atoms with Crippen LogP contribution in [0, 0.1) is 11.8 Å². The number of fused-ring (bicyclic) bond motifs is 1. The zero-order valence-corrected chi connectivity index (χ0v) is 9.13. The Morgan fingerprint density at radius 3 is 1.77 bits per heavy atom. The average molecular weight is 181 g/mol. The van der Waals surface area contributed by atoms with E-state index in [1.165, 1.54) is 44.9 Å². The van der Waals surface area contributed by atoms with Crippen molar-refractivity contribution in [3.63, 3.8) is 0 Å². The van der Waals surface area contributed by atoms with Gasteiger partial charge in [0.2, 0.25) is 0 Å². The lowest BCUT2D eigenvalue weighted by Gasteiger charge is -2.22. The summed E-state index contributed by atoms with van der Waals surface area (Å²) in [7, 11) is 4.48. The predicted molar refractivity (Wildman–Crippen MR) is 56.8 cm³/mol. The fraction of sp³-hybridized carbons (Fsp3) is 1.00. The Morgan fingerprint density at radius 2 is 1.31 bits per heavy atom. The highest BCUT2D eigenvalue weighted by Crippen LogP contribution is 2.41. The average Bonchev–Trinajstić information content (AvgIpc) is 2.44. The first-order valence-electron chi connectivity index (χ1n) is 5.94. The molecule has 1 nitrogen and oxygen atoms in total. The van der Waals surface area contributed by atoms with Gasteiger partial charge in [0.05, 0.1) is 0 Å². The second-order valence-electron chi connectivity index (χ2n) is 5.22. The molecule has 0 radical (unpaired) electrons. The van der Waals surface area contributed by atoms with Crippen LogP contribution in [0.4, 0.5) is 0 Å². The summed E-state index contributed by atoms with van der Waals surface area (Å²) >= 11 is 0. The Hall–Kier alpha value is -0.0400. The Morgan fingerprint density at radius 1 is 0.769 bits per heavy atom. The van der Waals surface area contributed by atoms with Crippen LogP contribution in [0.15, 0.2) is 0 Å². The number of rotatable bonds is 1. The minimum atomic E-state index is 0.880. The van der Waals surface area contributed by atoms with E-state index in [1.807, 2.05) is 0 Å². The van der Waals surface area contributed by atoms with Gasteiger partial charge in [-0.25, -0.2) is 0 Å². The van der Waals surface area contributed by atoms with Gasteiger partial charge in [-0.3, -0.25) is 0 Å². The fourth-order valence-corrected chi connectivity index (χ4v) is 3.35. The lowest BCUT2D eigenvalue weighted by Crippen LogP contribution is -2.27. The molecule has 0 aliphatic heterocycles. The molecule has 2 fully saturated rings. The van der Waals surface area contributed by atoms with E-state index in [0.29, 0.717) is 0 Å². The van der Waals surface area contributed by atoms with E-state index in [4.69, 9.17) is 0 Å². The summed E-state index contributed by atoms with van der Waals surface area (Å²) in [6.45, 7) is 0. The number of hydrogen-bond donors (Lipinski definition) is 0. The third kappa shape index (κ3) is 2.07. The molecule has 2 atom stereocenters. The Balaban J connectivity index is 1.91. The van der Waals surface area contributed by atoms with Gasteiger partial charge in [-0.15, -0.1) is 0 Å². The van der Waals surface area contributed by atoms with Crippen LogP contribution in [-0.2, 0) is 0 Å². The minimum Gasteiger partial charge on any atom is -0.306 e. The molecule has 0 aromatic carbocycles. The molecule has 0 bridgehead atoms. The number of hydrogen-bond acceptors (Lipinski definition) is 1. The third-order valence-electron chi connectivity index (χ3n) is 4.29. The normalized spacial score (nSPS) is 40.4. The maximum atomic E-state index is 2.43. The van der Waals surface area contributed by atoms with Crippen LogP contribution in [0.3, 0.4) is 0 Å². The molecular formula is C12H23N. The molecule has 0 spiro atoms. The van der Waals surface area contributed by atoms with E-state index in [-0.39, 0.29) is 0 Å². The highest BCUT2D eigenvalue weighted by Gasteiger charge is 2.31. The van der Waals surface area contributed by atoms with Crippen molar-refractivity contribution in [2.75, 3.05) is 14.1 Å². The molecule has 76 valence electrons. The maximum absolute atomic E-state index is 2.43. The van der Waals surface area contributed by atoms with E-state index < -0.39 is 0 Å². The lowest BCUT2D eigenvalue weighted by atomic mass is 9.92. The van der Waals surface area contributed by atoms with Gasteiger partial charge in [-0.05, 0) is 51.6 Å². The van der Waals surface area contributed by atoms with Gasteiger partial charge < -0.3 is 4.90 Å². The Labute approximate surface area is 82.5 Å². The van der Waals surface area contributed by atoms with Crippen LogP contribution in [-0.4, -0.2) is 25.0 Å². The molecular weight excluding hydrogens is 158 g/mol. The Bertz CT molecular complexity index is 151. The molecule has 2 unspecified atom stereocenters. The molecule has 0 amide bonds. The van der Waals surface area contributed by atoms with Gasteiger partial charge in [0.1, 0.15) is 0 Å². The summed E-state index contributed by atoms with van der Waals surface area (Å²) in [5.74, 6) is 2.20. The quantitative estimate of drug-likeness (QED) is 0.601. The van der Waals surface area contributed by atoms with Gasteiger partial charge in [0.25, 0.3) is 0 Å². The second kappa shape index (κ2) is 4.00. The molecule has 13 heavy (non-hydrogen) atoms. The van der Waals surface area contributed by atoms with E-state index in [0.717, 1.165) is 17.9 Å². The summed E-state index contributed by atoms with van der Waals surface area (Å²) in [6, 6.07) is 0.880. The van der Waals surface area contributed by atoms with Crippen LogP contribution in [0.1, 0.15) is 44.9 Å². The summed E-state index contributed by atoms with van der Waals surface area (Å²) in [5.41, 5.74) is 0. The van der Waals surface area contributed by atoms with Crippen LogP contribution in [0.25, 0.3) is 0 Å². The monoisotopic (exact) mass is 181 g/mol. The molecule has 0 N–H and O–H groups in total. The van der Waals surface area contributed by atoms with Crippen molar-refractivity contribution in [2.24, 2.45) is 11.8 Å². The van der Waals surface area contributed by atoms with Gasteiger partial charge in [0.15, 0.2) is 0 Å².